The quantitative estimate of drug-likeness (QED) is 0.483. The lowest BCUT2D eigenvalue weighted by molar-refractivity contribution is 0.0996. The van der Waals surface area contributed by atoms with Crippen molar-refractivity contribution in [1.82, 2.24) is 0 Å². The first-order valence-electron chi connectivity index (χ1n) is 4.54. The molecule has 0 bridgehead atoms. The second-order valence-corrected chi connectivity index (χ2v) is 4.65. The zero-order valence-corrected chi connectivity index (χ0v) is 7.78. The second-order valence-electron chi connectivity index (χ2n) is 4.65. The van der Waals surface area contributed by atoms with Crippen LogP contribution in [0.15, 0.2) is 0 Å². The molecule has 0 heterocycles. The molecule has 1 aliphatic carbocycles. The van der Waals surface area contributed by atoms with E-state index in [0.29, 0.717) is 5.41 Å². The minimum atomic E-state index is 0.609. The average Bonchev–Trinajstić information content (AvgIpc) is 1.83. The van der Waals surface area contributed by atoms with Gasteiger partial charge in [-0.2, -0.15) is 0 Å². The SMILES string of the molecule is C[C@@H]1CCCC(C)(C)[C@H]1C. The van der Waals surface area contributed by atoms with Gasteiger partial charge in [0, 0.05) is 0 Å². The van der Waals surface area contributed by atoms with Crippen molar-refractivity contribution < 1.29 is 0 Å². The minimum Gasteiger partial charge on any atom is -0.0622 e. The summed E-state index contributed by atoms with van der Waals surface area (Å²) in [6.07, 6.45) is 4.32. The Kier molecular flexibility index (Phi) is 2.07. The first-order valence-corrected chi connectivity index (χ1v) is 4.54. The fourth-order valence-electron chi connectivity index (χ4n) is 2.13. The molecule has 0 aromatic heterocycles. The Morgan fingerprint density at radius 2 is 1.80 bits per heavy atom. The van der Waals surface area contributed by atoms with Gasteiger partial charge in [-0.3, -0.25) is 0 Å². The van der Waals surface area contributed by atoms with Crippen molar-refractivity contribution >= 4 is 0 Å². The number of rotatable bonds is 0. The highest BCUT2D eigenvalue weighted by atomic mass is 14.4. The van der Waals surface area contributed by atoms with E-state index in [9.17, 15) is 0 Å². The largest absolute Gasteiger partial charge is 0.0622 e. The van der Waals surface area contributed by atoms with Crippen LogP contribution < -0.4 is 0 Å². The van der Waals surface area contributed by atoms with E-state index in [4.69, 9.17) is 0 Å². The van der Waals surface area contributed by atoms with Crippen molar-refractivity contribution in [3.8, 4) is 0 Å². The maximum absolute atomic E-state index is 2.41. The van der Waals surface area contributed by atoms with E-state index in [2.05, 4.69) is 27.7 Å². The number of hydrogen-bond acceptors (Lipinski definition) is 0. The van der Waals surface area contributed by atoms with Gasteiger partial charge in [0.2, 0.25) is 0 Å². The molecule has 0 unspecified atom stereocenters. The van der Waals surface area contributed by atoms with Crippen molar-refractivity contribution in [2.24, 2.45) is 17.3 Å². The summed E-state index contributed by atoms with van der Waals surface area (Å²) in [4.78, 5) is 0. The highest BCUT2D eigenvalue weighted by Gasteiger charge is 2.32. The van der Waals surface area contributed by atoms with Crippen LogP contribution in [0.5, 0.6) is 0 Å². The molecule has 0 saturated heterocycles. The Morgan fingerprint density at radius 1 is 1.20 bits per heavy atom. The van der Waals surface area contributed by atoms with Gasteiger partial charge in [0.1, 0.15) is 0 Å². The molecule has 0 nitrogen and oxygen atoms in total. The first-order chi connectivity index (χ1) is 4.54. The van der Waals surface area contributed by atoms with Crippen molar-refractivity contribution in [3.05, 3.63) is 0 Å². The molecule has 0 N–H and O–H groups in total. The van der Waals surface area contributed by atoms with Crippen LogP contribution in [0.1, 0.15) is 47.0 Å². The summed E-state index contributed by atoms with van der Waals surface area (Å²) in [7, 11) is 0. The molecule has 1 fully saturated rings. The van der Waals surface area contributed by atoms with Gasteiger partial charge in [0.15, 0.2) is 0 Å². The maximum atomic E-state index is 2.41. The molecule has 60 valence electrons. The van der Waals surface area contributed by atoms with Crippen molar-refractivity contribution in [3.63, 3.8) is 0 Å². The second kappa shape index (κ2) is 2.56. The van der Waals surface area contributed by atoms with Crippen LogP contribution in [0.4, 0.5) is 0 Å². The fourth-order valence-corrected chi connectivity index (χ4v) is 2.13. The topological polar surface area (TPSA) is 0 Å². The molecule has 0 aliphatic heterocycles. The lowest BCUT2D eigenvalue weighted by Crippen LogP contribution is -2.31. The third kappa shape index (κ3) is 1.36. The van der Waals surface area contributed by atoms with Crippen LogP contribution in [0.2, 0.25) is 0 Å². The summed E-state index contributed by atoms with van der Waals surface area (Å²) in [6.45, 7) is 9.62. The van der Waals surface area contributed by atoms with E-state index in [1.165, 1.54) is 19.3 Å². The molecule has 0 radical (unpaired) electrons. The van der Waals surface area contributed by atoms with E-state index in [0.717, 1.165) is 11.8 Å². The standard InChI is InChI=1S/C10H20/c1-8-6-5-7-10(3,4)9(8)2/h8-9H,5-7H2,1-4H3/t8-,9+/m1/s1. The monoisotopic (exact) mass is 140 g/mol. The summed E-state index contributed by atoms with van der Waals surface area (Å²) in [5.74, 6) is 1.87. The third-order valence-electron chi connectivity index (χ3n) is 3.57. The van der Waals surface area contributed by atoms with Crippen LogP contribution in [0.3, 0.4) is 0 Å². The van der Waals surface area contributed by atoms with E-state index >= 15 is 0 Å². The van der Waals surface area contributed by atoms with Crippen LogP contribution in [-0.4, -0.2) is 0 Å². The predicted octanol–water partition coefficient (Wildman–Crippen LogP) is 3.47. The summed E-state index contributed by atoms with van der Waals surface area (Å²) in [5.41, 5.74) is 0.609. The zero-order chi connectivity index (χ0) is 7.78. The van der Waals surface area contributed by atoms with Gasteiger partial charge in [0.05, 0.1) is 0 Å². The van der Waals surface area contributed by atoms with Crippen molar-refractivity contribution in [2.75, 3.05) is 0 Å². The van der Waals surface area contributed by atoms with Gasteiger partial charge in [-0.15, -0.1) is 0 Å². The van der Waals surface area contributed by atoms with Gasteiger partial charge >= 0.3 is 0 Å². The van der Waals surface area contributed by atoms with Gasteiger partial charge in [-0.25, -0.2) is 0 Å². The molecule has 0 aromatic carbocycles. The van der Waals surface area contributed by atoms with Crippen LogP contribution in [0.25, 0.3) is 0 Å². The Hall–Kier alpha value is 0. The maximum Gasteiger partial charge on any atom is -0.0326 e. The molecule has 2 atom stereocenters. The average molecular weight is 140 g/mol. The Bertz CT molecular complexity index is 113. The van der Waals surface area contributed by atoms with Crippen LogP contribution in [-0.2, 0) is 0 Å². The van der Waals surface area contributed by atoms with E-state index in [1.54, 1.807) is 0 Å². The lowest BCUT2D eigenvalue weighted by atomic mass is 9.65. The highest BCUT2D eigenvalue weighted by molar-refractivity contribution is 4.83. The molecule has 0 amide bonds. The highest BCUT2D eigenvalue weighted by Crippen LogP contribution is 2.43. The normalized spacial score (nSPS) is 39.6. The fraction of sp³-hybridized carbons (Fsp3) is 1.00. The molecule has 0 heteroatoms. The van der Waals surface area contributed by atoms with Gasteiger partial charge in [-0.05, 0) is 23.7 Å². The molecule has 0 aromatic rings. The molecule has 1 rings (SSSR count). The smallest absolute Gasteiger partial charge is 0.0326 e. The predicted molar refractivity (Wildman–Crippen MR) is 46.0 cm³/mol. The van der Waals surface area contributed by atoms with Crippen molar-refractivity contribution in [1.29, 1.82) is 0 Å². The summed E-state index contributed by atoms with van der Waals surface area (Å²) in [6, 6.07) is 0. The Labute approximate surface area is 65.0 Å². The third-order valence-corrected chi connectivity index (χ3v) is 3.57. The number of hydrogen-bond donors (Lipinski definition) is 0. The van der Waals surface area contributed by atoms with Gasteiger partial charge in [0.25, 0.3) is 0 Å². The van der Waals surface area contributed by atoms with Crippen LogP contribution in [0, 0.1) is 17.3 Å². The van der Waals surface area contributed by atoms with Gasteiger partial charge < -0.3 is 0 Å². The molecule has 1 aliphatic rings. The lowest BCUT2D eigenvalue weighted by Gasteiger charge is -2.40. The minimum absolute atomic E-state index is 0.609. The zero-order valence-electron chi connectivity index (χ0n) is 7.78. The molecule has 0 spiro atoms. The van der Waals surface area contributed by atoms with E-state index in [-0.39, 0.29) is 0 Å². The van der Waals surface area contributed by atoms with Crippen molar-refractivity contribution in [2.45, 2.75) is 47.0 Å². The first kappa shape index (κ1) is 8.10. The Morgan fingerprint density at radius 3 is 2.20 bits per heavy atom. The summed E-state index contributed by atoms with van der Waals surface area (Å²) < 4.78 is 0. The molecular weight excluding hydrogens is 120 g/mol. The van der Waals surface area contributed by atoms with E-state index in [1.807, 2.05) is 0 Å². The molecular formula is C10H20. The summed E-state index contributed by atoms with van der Waals surface area (Å²) in [5, 5.41) is 0. The van der Waals surface area contributed by atoms with E-state index < -0.39 is 0 Å². The Balaban J connectivity index is 2.60. The molecule has 1 saturated carbocycles. The summed E-state index contributed by atoms with van der Waals surface area (Å²) >= 11 is 0. The van der Waals surface area contributed by atoms with Crippen LogP contribution >= 0.6 is 0 Å². The van der Waals surface area contributed by atoms with Gasteiger partial charge in [-0.1, -0.05) is 40.5 Å². The molecule has 10 heavy (non-hydrogen) atoms.